The van der Waals surface area contributed by atoms with Crippen molar-refractivity contribution in [2.75, 3.05) is 25.5 Å². The number of anilines is 1. The van der Waals surface area contributed by atoms with Crippen LogP contribution < -0.4 is 16.2 Å². The van der Waals surface area contributed by atoms with E-state index in [-0.39, 0.29) is 35.6 Å². The lowest BCUT2D eigenvalue weighted by molar-refractivity contribution is -0.118. The van der Waals surface area contributed by atoms with Crippen LogP contribution in [0, 0.1) is 0 Å². The van der Waals surface area contributed by atoms with Crippen molar-refractivity contribution in [1.29, 1.82) is 0 Å². The SMILES string of the molecule is CNC(=O)CNc1cnn(CCO)c(=O)c1Br. The number of aliphatic hydroxyl groups excluding tert-OH is 1. The average molecular weight is 305 g/mol. The van der Waals surface area contributed by atoms with Crippen LogP contribution in [-0.4, -0.2) is 41.0 Å². The molecule has 0 saturated carbocycles. The van der Waals surface area contributed by atoms with E-state index in [1.807, 2.05) is 0 Å². The zero-order valence-electron chi connectivity index (χ0n) is 9.23. The number of nitrogens with one attached hydrogen (secondary N) is 2. The van der Waals surface area contributed by atoms with Gasteiger partial charge in [-0.25, -0.2) is 4.68 Å². The summed E-state index contributed by atoms with van der Waals surface area (Å²) >= 11 is 3.12. The van der Waals surface area contributed by atoms with Crippen LogP contribution in [0.25, 0.3) is 0 Å². The molecule has 0 aliphatic carbocycles. The molecule has 0 unspecified atom stereocenters. The van der Waals surface area contributed by atoms with Crippen LogP contribution >= 0.6 is 15.9 Å². The topological polar surface area (TPSA) is 96.2 Å². The summed E-state index contributed by atoms with van der Waals surface area (Å²) in [5.74, 6) is -0.198. The summed E-state index contributed by atoms with van der Waals surface area (Å²) in [4.78, 5) is 22.7. The third-order valence-electron chi connectivity index (χ3n) is 2.01. The number of carbonyl (C=O) groups excluding carboxylic acids is 1. The Morgan fingerprint density at radius 2 is 2.35 bits per heavy atom. The minimum Gasteiger partial charge on any atom is -0.394 e. The number of hydrogen-bond acceptors (Lipinski definition) is 5. The normalized spacial score (nSPS) is 10.1. The number of aliphatic hydroxyl groups is 1. The van der Waals surface area contributed by atoms with E-state index in [9.17, 15) is 9.59 Å². The number of halogens is 1. The fraction of sp³-hybridized carbons (Fsp3) is 0.444. The van der Waals surface area contributed by atoms with Crippen molar-refractivity contribution in [2.45, 2.75) is 6.54 Å². The molecule has 0 fully saturated rings. The molecule has 94 valence electrons. The number of carbonyl (C=O) groups is 1. The predicted molar refractivity (Wildman–Crippen MR) is 65.8 cm³/mol. The number of nitrogens with zero attached hydrogens (tertiary/aromatic N) is 2. The third-order valence-corrected chi connectivity index (χ3v) is 2.78. The molecule has 3 N–H and O–H groups in total. The highest BCUT2D eigenvalue weighted by Crippen LogP contribution is 2.15. The van der Waals surface area contributed by atoms with Gasteiger partial charge in [0.2, 0.25) is 5.91 Å². The quantitative estimate of drug-likeness (QED) is 0.659. The first-order valence-electron chi connectivity index (χ1n) is 4.91. The van der Waals surface area contributed by atoms with Gasteiger partial charge in [-0.05, 0) is 15.9 Å². The molecule has 0 bridgehead atoms. The molecule has 0 atom stereocenters. The second kappa shape index (κ2) is 6.36. The second-order valence-electron chi connectivity index (χ2n) is 3.15. The maximum Gasteiger partial charge on any atom is 0.283 e. The van der Waals surface area contributed by atoms with Crippen molar-refractivity contribution in [2.24, 2.45) is 0 Å². The van der Waals surface area contributed by atoms with Gasteiger partial charge in [0.1, 0.15) is 4.47 Å². The van der Waals surface area contributed by atoms with Gasteiger partial charge in [-0.2, -0.15) is 5.10 Å². The summed E-state index contributed by atoms with van der Waals surface area (Å²) in [5, 5.41) is 17.8. The maximum absolute atomic E-state index is 11.7. The Labute approximate surface area is 106 Å². The molecule has 0 spiro atoms. The monoisotopic (exact) mass is 304 g/mol. The summed E-state index contributed by atoms with van der Waals surface area (Å²) in [6.45, 7) is 0.0256. The summed E-state index contributed by atoms with van der Waals surface area (Å²) in [5.41, 5.74) is 0.0775. The molecule has 1 aromatic rings. The van der Waals surface area contributed by atoms with Gasteiger partial charge in [-0.3, -0.25) is 9.59 Å². The Balaban J connectivity index is 2.85. The Morgan fingerprint density at radius 3 is 2.94 bits per heavy atom. The maximum atomic E-state index is 11.7. The second-order valence-corrected chi connectivity index (χ2v) is 3.94. The van der Waals surface area contributed by atoms with Crippen LogP contribution in [0.3, 0.4) is 0 Å². The van der Waals surface area contributed by atoms with Crippen molar-refractivity contribution < 1.29 is 9.90 Å². The fourth-order valence-electron chi connectivity index (χ4n) is 1.11. The number of rotatable bonds is 5. The lowest BCUT2D eigenvalue weighted by Crippen LogP contribution is -2.29. The molecule has 17 heavy (non-hydrogen) atoms. The summed E-state index contributed by atoms with van der Waals surface area (Å²) < 4.78 is 1.42. The number of aromatic nitrogens is 2. The van der Waals surface area contributed by atoms with E-state index >= 15 is 0 Å². The minimum absolute atomic E-state index is 0.0558. The molecular weight excluding hydrogens is 292 g/mol. The molecular formula is C9H13BrN4O3. The van der Waals surface area contributed by atoms with Gasteiger partial charge in [0, 0.05) is 7.05 Å². The van der Waals surface area contributed by atoms with E-state index in [0.717, 1.165) is 4.68 Å². The minimum atomic E-state index is -0.360. The van der Waals surface area contributed by atoms with Crippen LogP contribution in [0.2, 0.25) is 0 Å². The first kappa shape index (κ1) is 13.7. The molecule has 1 amide bonds. The van der Waals surface area contributed by atoms with E-state index in [2.05, 4.69) is 31.7 Å². The lowest BCUT2D eigenvalue weighted by Gasteiger charge is -2.09. The number of likely N-dealkylation sites (N-methyl/N-ethyl adjacent to an activating group) is 1. The number of amides is 1. The molecule has 0 aliphatic heterocycles. The molecule has 0 aromatic carbocycles. The van der Waals surface area contributed by atoms with E-state index < -0.39 is 0 Å². The van der Waals surface area contributed by atoms with Crippen molar-refractivity contribution >= 4 is 27.5 Å². The molecule has 8 heteroatoms. The van der Waals surface area contributed by atoms with Crippen molar-refractivity contribution in [1.82, 2.24) is 15.1 Å². The highest BCUT2D eigenvalue weighted by atomic mass is 79.9. The zero-order valence-corrected chi connectivity index (χ0v) is 10.8. The Kier molecular flexibility index (Phi) is 5.11. The Bertz CT molecular complexity index is 460. The Hall–Kier alpha value is -1.41. The Morgan fingerprint density at radius 1 is 1.65 bits per heavy atom. The first-order chi connectivity index (χ1) is 8.10. The van der Waals surface area contributed by atoms with Gasteiger partial charge >= 0.3 is 0 Å². The summed E-state index contributed by atoms with van der Waals surface area (Å²) in [7, 11) is 1.52. The van der Waals surface area contributed by atoms with E-state index in [1.54, 1.807) is 0 Å². The van der Waals surface area contributed by atoms with Crippen LogP contribution in [0.1, 0.15) is 0 Å². The molecule has 1 rings (SSSR count). The average Bonchev–Trinajstić information content (AvgIpc) is 2.34. The molecule has 1 heterocycles. The third kappa shape index (κ3) is 3.53. The van der Waals surface area contributed by atoms with E-state index in [0.29, 0.717) is 5.69 Å². The van der Waals surface area contributed by atoms with E-state index in [4.69, 9.17) is 5.11 Å². The van der Waals surface area contributed by atoms with Crippen molar-refractivity contribution in [3.05, 3.63) is 21.0 Å². The molecule has 0 aliphatic rings. The molecule has 0 radical (unpaired) electrons. The lowest BCUT2D eigenvalue weighted by atomic mass is 10.4. The zero-order chi connectivity index (χ0) is 12.8. The molecule has 1 aromatic heterocycles. The van der Waals surface area contributed by atoms with Crippen LogP contribution in [0.15, 0.2) is 15.5 Å². The fourth-order valence-corrected chi connectivity index (χ4v) is 1.55. The summed E-state index contributed by atoms with van der Waals surface area (Å²) in [6.07, 6.45) is 1.42. The van der Waals surface area contributed by atoms with Gasteiger partial charge < -0.3 is 15.7 Å². The largest absolute Gasteiger partial charge is 0.394 e. The van der Waals surface area contributed by atoms with Gasteiger partial charge in [-0.15, -0.1) is 0 Å². The standard InChI is InChI=1S/C9H13BrN4O3/c1-11-7(16)5-12-6-4-13-14(2-3-15)9(17)8(6)10/h4,12,15H,2-3,5H2,1H3,(H,11,16). The molecule has 7 nitrogen and oxygen atoms in total. The van der Waals surface area contributed by atoms with Crippen molar-refractivity contribution in [3.63, 3.8) is 0 Å². The van der Waals surface area contributed by atoms with Crippen LogP contribution in [0.4, 0.5) is 5.69 Å². The van der Waals surface area contributed by atoms with Crippen LogP contribution in [0.5, 0.6) is 0 Å². The van der Waals surface area contributed by atoms with Gasteiger partial charge in [0.15, 0.2) is 0 Å². The highest BCUT2D eigenvalue weighted by molar-refractivity contribution is 9.10. The van der Waals surface area contributed by atoms with E-state index in [1.165, 1.54) is 13.2 Å². The first-order valence-corrected chi connectivity index (χ1v) is 5.70. The highest BCUT2D eigenvalue weighted by Gasteiger charge is 2.09. The summed E-state index contributed by atoms with van der Waals surface area (Å²) in [6, 6.07) is 0. The molecule has 0 saturated heterocycles. The predicted octanol–water partition coefficient (Wildman–Crippen LogP) is -0.844. The van der Waals surface area contributed by atoms with Gasteiger partial charge in [0.25, 0.3) is 5.56 Å². The number of hydrogen-bond donors (Lipinski definition) is 3. The smallest absolute Gasteiger partial charge is 0.283 e. The van der Waals surface area contributed by atoms with Gasteiger partial charge in [-0.1, -0.05) is 0 Å². The van der Waals surface area contributed by atoms with Crippen LogP contribution in [-0.2, 0) is 11.3 Å². The van der Waals surface area contributed by atoms with Gasteiger partial charge in [0.05, 0.1) is 31.6 Å². The van der Waals surface area contributed by atoms with Crippen molar-refractivity contribution in [3.8, 4) is 0 Å².